The van der Waals surface area contributed by atoms with Gasteiger partial charge >= 0.3 is 6.09 Å². The van der Waals surface area contributed by atoms with Gasteiger partial charge in [0, 0.05) is 5.92 Å². The molecule has 6 heteroatoms. The molecule has 0 unspecified atom stereocenters. The maximum absolute atomic E-state index is 13.0. The van der Waals surface area contributed by atoms with Gasteiger partial charge in [-0.15, -0.1) is 0 Å². The van der Waals surface area contributed by atoms with Crippen molar-refractivity contribution in [2.75, 3.05) is 13.2 Å². The lowest BCUT2D eigenvalue weighted by atomic mass is 9.98. The van der Waals surface area contributed by atoms with Gasteiger partial charge in [-0.3, -0.25) is 4.79 Å². The third-order valence-electron chi connectivity index (χ3n) is 6.46. The summed E-state index contributed by atoms with van der Waals surface area (Å²) in [6, 6.07) is 24.7. The molecule has 35 heavy (non-hydrogen) atoms. The molecule has 0 bridgehead atoms. The van der Waals surface area contributed by atoms with E-state index in [0.29, 0.717) is 6.42 Å². The van der Waals surface area contributed by atoms with Crippen LogP contribution < -0.4 is 10.6 Å². The van der Waals surface area contributed by atoms with Crippen LogP contribution in [-0.4, -0.2) is 42.4 Å². The Hall–Kier alpha value is -3.64. The van der Waals surface area contributed by atoms with Crippen LogP contribution in [0.15, 0.2) is 78.9 Å². The van der Waals surface area contributed by atoms with Crippen LogP contribution in [0.1, 0.15) is 36.5 Å². The Morgan fingerprint density at radius 3 is 2.00 bits per heavy atom. The molecular weight excluding hydrogens is 440 g/mol. The first-order valence-corrected chi connectivity index (χ1v) is 12.0. The minimum atomic E-state index is -0.782. The number of amides is 2. The zero-order valence-corrected chi connectivity index (χ0v) is 20.1. The monoisotopic (exact) mass is 472 g/mol. The quantitative estimate of drug-likeness (QED) is 0.434. The van der Waals surface area contributed by atoms with Crippen molar-refractivity contribution in [2.45, 2.75) is 38.3 Å². The van der Waals surface area contributed by atoms with E-state index in [1.165, 1.54) is 0 Å². The molecule has 0 saturated heterocycles. The largest absolute Gasteiger partial charge is 0.449 e. The molecule has 6 nitrogen and oxygen atoms in total. The Balaban J connectivity index is 1.37. The van der Waals surface area contributed by atoms with Crippen molar-refractivity contribution in [3.8, 4) is 11.1 Å². The minimum Gasteiger partial charge on any atom is -0.449 e. The van der Waals surface area contributed by atoms with E-state index in [2.05, 4.69) is 34.9 Å². The van der Waals surface area contributed by atoms with Crippen molar-refractivity contribution in [1.82, 2.24) is 10.6 Å². The van der Waals surface area contributed by atoms with E-state index in [1.807, 2.05) is 68.4 Å². The van der Waals surface area contributed by atoms with E-state index in [1.54, 1.807) is 0 Å². The summed E-state index contributed by atoms with van der Waals surface area (Å²) < 4.78 is 5.62. The summed E-state index contributed by atoms with van der Waals surface area (Å²) in [4.78, 5) is 25.7. The summed E-state index contributed by atoms with van der Waals surface area (Å²) in [6.07, 6.45) is -0.136. The zero-order chi connectivity index (χ0) is 24.8. The summed E-state index contributed by atoms with van der Waals surface area (Å²) in [6.45, 7) is 3.70. The number of rotatable bonds is 9. The van der Waals surface area contributed by atoms with Crippen LogP contribution in [0.5, 0.6) is 0 Å². The predicted molar refractivity (Wildman–Crippen MR) is 136 cm³/mol. The lowest BCUT2D eigenvalue weighted by Crippen LogP contribution is -2.53. The molecule has 0 saturated carbocycles. The first kappa shape index (κ1) is 24.5. The highest BCUT2D eigenvalue weighted by Crippen LogP contribution is 2.44. The van der Waals surface area contributed by atoms with Gasteiger partial charge in [-0.25, -0.2) is 4.79 Å². The standard InChI is InChI=1S/C29H32N2O4/c1-19(2)27(28(33)30-21(17-32)16-20-10-4-3-5-11-20)31-29(34)35-18-26-24-14-8-6-12-22(24)23-13-7-9-15-25(23)26/h3-15,19,21,26-27,32H,16-18H2,1-2H3,(H,30,33)(H,31,34)/t21-,27+/m1/s1. The maximum Gasteiger partial charge on any atom is 0.407 e. The van der Waals surface area contributed by atoms with Gasteiger partial charge in [-0.05, 0) is 40.2 Å². The average Bonchev–Trinajstić information content (AvgIpc) is 3.19. The normalized spacial score (nSPS) is 14.1. The highest BCUT2D eigenvalue weighted by Gasteiger charge is 2.30. The van der Waals surface area contributed by atoms with Gasteiger partial charge in [0.15, 0.2) is 0 Å². The number of carbonyl (C=O) groups is 2. The Labute approximate surface area is 206 Å². The van der Waals surface area contributed by atoms with Crippen molar-refractivity contribution < 1.29 is 19.4 Å². The second-order valence-corrected chi connectivity index (χ2v) is 9.27. The number of carbonyl (C=O) groups excluding carboxylic acids is 2. The van der Waals surface area contributed by atoms with E-state index >= 15 is 0 Å². The van der Waals surface area contributed by atoms with E-state index in [0.717, 1.165) is 27.8 Å². The Bertz CT molecular complexity index is 1120. The topological polar surface area (TPSA) is 87.7 Å². The number of benzene rings is 3. The molecule has 1 aliphatic rings. The SMILES string of the molecule is CC(C)[C@H](NC(=O)OCC1c2ccccc2-c2ccccc21)C(=O)N[C@@H](CO)Cc1ccccc1. The number of aliphatic hydroxyl groups is 1. The van der Waals surface area contributed by atoms with Crippen molar-refractivity contribution in [2.24, 2.45) is 5.92 Å². The van der Waals surface area contributed by atoms with Gasteiger partial charge in [0.1, 0.15) is 12.6 Å². The molecule has 0 aliphatic heterocycles. The van der Waals surface area contributed by atoms with E-state index < -0.39 is 18.2 Å². The van der Waals surface area contributed by atoms with E-state index in [-0.39, 0.29) is 31.0 Å². The van der Waals surface area contributed by atoms with Crippen molar-refractivity contribution in [3.05, 3.63) is 95.6 Å². The van der Waals surface area contributed by atoms with Gasteiger partial charge < -0.3 is 20.5 Å². The smallest absolute Gasteiger partial charge is 0.407 e. The predicted octanol–water partition coefficient (Wildman–Crippen LogP) is 4.27. The molecule has 2 atom stereocenters. The first-order valence-electron chi connectivity index (χ1n) is 12.0. The van der Waals surface area contributed by atoms with Gasteiger partial charge in [-0.1, -0.05) is 92.7 Å². The summed E-state index contributed by atoms with van der Waals surface area (Å²) in [7, 11) is 0. The molecule has 4 rings (SSSR count). The van der Waals surface area contributed by atoms with E-state index in [9.17, 15) is 14.7 Å². The van der Waals surface area contributed by atoms with Crippen LogP contribution in [0, 0.1) is 5.92 Å². The van der Waals surface area contributed by atoms with Crippen LogP contribution in [0.2, 0.25) is 0 Å². The van der Waals surface area contributed by atoms with Gasteiger partial charge in [0.05, 0.1) is 12.6 Å². The minimum absolute atomic E-state index is 0.0517. The van der Waals surface area contributed by atoms with Gasteiger partial charge in [0.25, 0.3) is 0 Å². The number of ether oxygens (including phenoxy) is 1. The molecule has 0 spiro atoms. The number of hydrogen-bond donors (Lipinski definition) is 3. The molecule has 0 heterocycles. The van der Waals surface area contributed by atoms with Crippen molar-refractivity contribution in [1.29, 1.82) is 0 Å². The zero-order valence-electron chi connectivity index (χ0n) is 20.1. The Kier molecular flexibility index (Phi) is 7.83. The van der Waals surface area contributed by atoms with Crippen LogP contribution in [0.25, 0.3) is 11.1 Å². The number of nitrogens with one attached hydrogen (secondary N) is 2. The Morgan fingerprint density at radius 1 is 0.857 bits per heavy atom. The van der Waals surface area contributed by atoms with Crippen LogP contribution in [-0.2, 0) is 16.0 Å². The highest BCUT2D eigenvalue weighted by atomic mass is 16.5. The second-order valence-electron chi connectivity index (χ2n) is 9.27. The molecule has 2 amide bonds. The van der Waals surface area contributed by atoms with E-state index in [4.69, 9.17) is 4.74 Å². The fraction of sp³-hybridized carbons (Fsp3) is 0.310. The number of hydrogen-bond acceptors (Lipinski definition) is 4. The molecule has 0 aromatic heterocycles. The van der Waals surface area contributed by atoms with Crippen molar-refractivity contribution >= 4 is 12.0 Å². The summed E-state index contributed by atoms with van der Waals surface area (Å²) in [5, 5.41) is 15.4. The molecule has 3 aromatic rings. The molecular formula is C29H32N2O4. The van der Waals surface area contributed by atoms with Crippen molar-refractivity contribution in [3.63, 3.8) is 0 Å². The third-order valence-corrected chi connectivity index (χ3v) is 6.46. The molecule has 3 N–H and O–H groups in total. The molecule has 0 fully saturated rings. The summed E-state index contributed by atoms with van der Waals surface area (Å²) in [5.41, 5.74) is 5.59. The first-order chi connectivity index (χ1) is 17.0. The summed E-state index contributed by atoms with van der Waals surface area (Å²) >= 11 is 0. The van der Waals surface area contributed by atoms with Crippen LogP contribution >= 0.6 is 0 Å². The number of alkyl carbamates (subject to hydrolysis) is 1. The average molecular weight is 473 g/mol. The number of fused-ring (bicyclic) bond motifs is 3. The highest BCUT2D eigenvalue weighted by molar-refractivity contribution is 5.86. The third kappa shape index (κ3) is 5.72. The second kappa shape index (κ2) is 11.2. The summed E-state index contributed by atoms with van der Waals surface area (Å²) in [5.74, 6) is -0.556. The fourth-order valence-electron chi connectivity index (χ4n) is 4.65. The van der Waals surface area contributed by atoms with Gasteiger partial charge in [0.2, 0.25) is 5.91 Å². The molecule has 1 aliphatic carbocycles. The molecule has 3 aromatic carbocycles. The molecule has 0 radical (unpaired) electrons. The maximum atomic E-state index is 13.0. The fourth-order valence-corrected chi connectivity index (χ4v) is 4.65. The van der Waals surface area contributed by atoms with Crippen LogP contribution in [0.4, 0.5) is 4.79 Å². The lowest BCUT2D eigenvalue weighted by molar-refractivity contribution is -0.125. The lowest BCUT2D eigenvalue weighted by Gasteiger charge is -2.25. The Morgan fingerprint density at radius 2 is 1.43 bits per heavy atom. The molecule has 182 valence electrons. The van der Waals surface area contributed by atoms with Crippen LogP contribution in [0.3, 0.4) is 0 Å². The van der Waals surface area contributed by atoms with Gasteiger partial charge in [-0.2, -0.15) is 0 Å². The number of aliphatic hydroxyl groups excluding tert-OH is 1.